The lowest BCUT2D eigenvalue weighted by atomic mass is 10.1. The minimum atomic E-state index is -0.513. The van der Waals surface area contributed by atoms with Crippen LogP contribution in [0.4, 0.5) is 11.4 Å². The number of carbonyl (C=O) groups excluding carboxylic acids is 1. The van der Waals surface area contributed by atoms with Crippen molar-refractivity contribution in [1.82, 2.24) is 0 Å². The summed E-state index contributed by atoms with van der Waals surface area (Å²) < 4.78 is 4.57. The van der Waals surface area contributed by atoms with Crippen molar-refractivity contribution in [3.8, 4) is 6.07 Å². The number of benzene rings is 1. The standard InChI is InChI=1S/C11H13N3O2/c1-7(11(15)16-2)14-9-5-3-4-8(6-12)10(9)13/h3-5,7,14H,13H2,1-2H3. The number of nitrogens with one attached hydrogen (secondary N) is 1. The number of para-hydroxylation sites is 1. The van der Waals surface area contributed by atoms with Crippen molar-refractivity contribution in [3.63, 3.8) is 0 Å². The van der Waals surface area contributed by atoms with Crippen molar-refractivity contribution in [3.05, 3.63) is 23.8 Å². The van der Waals surface area contributed by atoms with Crippen LogP contribution in [0.2, 0.25) is 0 Å². The third-order valence-corrected chi connectivity index (χ3v) is 2.15. The van der Waals surface area contributed by atoms with E-state index >= 15 is 0 Å². The SMILES string of the molecule is COC(=O)C(C)Nc1cccc(C#N)c1N. The van der Waals surface area contributed by atoms with E-state index in [0.717, 1.165) is 0 Å². The van der Waals surface area contributed by atoms with Gasteiger partial charge >= 0.3 is 5.97 Å². The summed E-state index contributed by atoms with van der Waals surface area (Å²) in [5.41, 5.74) is 7.01. The molecule has 1 unspecified atom stereocenters. The molecule has 16 heavy (non-hydrogen) atoms. The molecule has 0 spiro atoms. The van der Waals surface area contributed by atoms with Crippen molar-refractivity contribution >= 4 is 17.3 Å². The minimum absolute atomic E-state index is 0.334. The first-order valence-electron chi connectivity index (χ1n) is 4.73. The molecule has 0 radical (unpaired) electrons. The van der Waals surface area contributed by atoms with Crippen LogP contribution in [-0.4, -0.2) is 19.1 Å². The highest BCUT2D eigenvalue weighted by molar-refractivity contribution is 5.82. The molecule has 5 heteroatoms. The van der Waals surface area contributed by atoms with Gasteiger partial charge in [-0.05, 0) is 19.1 Å². The van der Waals surface area contributed by atoms with Crippen molar-refractivity contribution in [2.75, 3.05) is 18.2 Å². The maximum absolute atomic E-state index is 11.2. The zero-order chi connectivity index (χ0) is 12.1. The molecule has 1 atom stereocenters. The summed E-state index contributed by atoms with van der Waals surface area (Å²) in [7, 11) is 1.32. The van der Waals surface area contributed by atoms with Crippen LogP contribution in [0, 0.1) is 11.3 Å². The number of methoxy groups -OCH3 is 1. The van der Waals surface area contributed by atoms with Gasteiger partial charge in [-0.25, -0.2) is 4.79 Å². The van der Waals surface area contributed by atoms with Gasteiger partial charge in [0.05, 0.1) is 24.0 Å². The summed E-state index contributed by atoms with van der Waals surface area (Å²) >= 11 is 0. The number of rotatable bonds is 3. The lowest BCUT2D eigenvalue weighted by molar-refractivity contribution is -0.141. The first kappa shape index (κ1) is 11.9. The number of nitrogens with two attached hydrogens (primary N) is 1. The number of hydrogen-bond donors (Lipinski definition) is 2. The third-order valence-electron chi connectivity index (χ3n) is 2.15. The molecule has 1 aromatic rings. The number of carbonyl (C=O) groups is 1. The van der Waals surface area contributed by atoms with Gasteiger partial charge in [-0.15, -0.1) is 0 Å². The minimum Gasteiger partial charge on any atom is -0.467 e. The lowest BCUT2D eigenvalue weighted by Gasteiger charge is -2.14. The zero-order valence-corrected chi connectivity index (χ0v) is 9.15. The van der Waals surface area contributed by atoms with E-state index in [1.807, 2.05) is 6.07 Å². The largest absolute Gasteiger partial charge is 0.467 e. The Hall–Kier alpha value is -2.22. The number of nitriles is 1. The molecule has 3 N–H and O–H groups in total. The van der Waals surface area contributed by atoms with Gasteiger partial charge in [-0.1, -0.05) is 6.07 Å². The Morgan fingerprint density at radius 2 is 2.31 bits per heavy atom. The Bertz CT molecular complexity index is 437. The molecule has 0 fully saturated rings. The summed E-state index contributed by atoms with van der Waals surface area (Å²) in [6.07, 6.45) is 0. The molecule has 1 aromatic carbocycles. The van der Waals surface area contributed by atoms with Crippen LogP contribution in [0.1, 0.15) is 12.5 Å². The summed E-state index contributed by atoms with van der Waals surface area (Å²) in [6.45, 7) is 1.66. The predicted molar refractivity (Wildman–Crippen MR) is 60.7 cm³/mol. The molecule has 5 nitrogen and oxygen atoms in total. The smallest absolute Gasteiger partial charge is 0.327 e. The van der Waals surface area contributed by atoms with Gasteiger partial charge in [-0.2, -0.15) is 5.26 Å². The third kappa shape index (κ3) is 2.42. The normalized spacial score (nSPS) is 11.3. The monoisotopic (exact) mass is 219 g/mol. The van der Waals surface area contributed by atoms with Crippen molar-refractivity contribution < 1.29 is 9.53 Å². The zero-order valence-electron chi connectivity index (χ0n) is 9.15. The van der Waals surface area contributed by atoms with E-state index in [-0.39, 0.29) is 5.97 Å². The first-order valence-corrected chi connectivity index (χ1v) is 4.73. The maximum Gasteiger partial charge on any atom is 0.327 e. The van der Waals surface area contributed by atoms with Crippen molar-refractivity contribution in [2.24, 2.45) is 0 Å². The Balaban J connectivity index is 2.90. The van der Waals surface area contributed by atoms with Crippen LogP contribution in [0.15, 0.2) is 18.2 Å². The van der Waals surface area contributed by atoms with Crippen LogP contribution >= 0.6 is 0 Å². The molecule has 0 saturated heterocycles. The maximum atomic E-state index is 11.2. The van der Waals surface area contributed by atoms with Crippen LogP contribution in [-0.2, 0) is 9.53 Å². The number of nitrogen functional groups attached to an aromatic ring is 1. The van der Waals surface area contributed by atoms with E-state index in [1.54, 1.807) is 25.1 Å². The molecular weight excluding hydrogens is 206 g/mol. The highest BCUT2D eigenvalue weighted by Gasteiger charge is 2.14. The Kier molecular flexibility index (Phi) is 3.72. The number of hydrogen-bond acceptors (Lipinski definition) is 5. The second-order valence-corrected chi connectivity index (χ2v) is 3.27. The summed E-state index contributed by atoms with van der Waals surface area (Å²) in [5.74, 6) is -0.387. The van der Waals surface area contributed by atoms with E-state index in [4.69, 9.17) is 11.0 Å². The van der Waals surface area contributed by atoms with Crippen molar-refractivity contribution in [2.45, 2.75) is 13.0 Å². The van der Waals surface area contributed by atoms with Gasteiger partial charge in [-0.3, -0.25) is 0 Å². The average molecular weight is 219 g/mol. The molecule has 0 heterocycles. The van der Waals surface area contributed by atoms with Crippen LogP contribution in [0.3, 0.4) is 0 Å². The van der Waals surface area contributed by atoms with Gasteiger partial charge in [0.25, 0.3) is 0 Å². The van der Waals surface area contributed by atoms with Crippen LogP contribution in [0.25, 0.3) is 0 Å². The fraction of sp³-hybridized carbons (Fsp3) is 0.273. The predicted octanol–water partition coefficient (Wildman–Crippen LogP) is 1.11. The van der Waals surface area contributed by atoms with Gasteiger partial charge < -0.3 is 15.8 Å². The van der Waals surface area contributed by atoms with Gasteiger partial charge in [0, 0.05) is 0 Å². The van der Waals surface area contributed by atoms with E-state index < -0.39 is 6.04 Å². The molecule has 0 saturated carbocycles. The van der Waals surface area contributed by atoms with Crippen LogP contribution in [0.5, 0.6) is 0 Å². The number of ether oxygens (including phenoxy) is 1. The first-order chi connectivity index (χ1) is 7.60. The molecule has 0 bridgehead atoms. The molecule has 1 rings (SSSR count). The Labute approximate surface area is 93.8 Å². The average Bonchev–Trinajstić information content (AvgIpc) is 2.30. The molecule has 0 aliphatic carbocycles. The van der Waals surface area contributed by atoms with Gasteiger partial charge in [0.1, 0.15) is 12.1 Å². The topological polar surface area (TPSA) is 88.1 Å². The summed E-state index contributed by atoms with van der Waals surface area (Å²) in [4.78, 5) is 11.2. The number of esters is 1. The molecule has 84 valence electrons. The fourth-order valence-electron chi connectivity index (χ4n) is 1.26. The van der Waals surface area contributed by atoms with Crippen LogP contribution < -0.4 is 11.1 Å². The molecular formula is C11H13N3O2. The van der Waals surface area contributed by atoms with E-state index in [2.05, 4.69) is 10.1 Å². The van der Waals surface area contributed by atoms with E-state index in [9.17, 15) is 4.79 Å². The summed E-state index contributed by atoms with van der Waals surface area (Å²) in [5, 5.41) is 11.7. The van der Waals surface area contributed by atoms with Crippen molar-refractivity contribution in [1.29, 1.82) is 5.26 Å². The lowest BCUT2D eigenvalue weighted by Crippen LogP contribution is -2.27. The van der Waals surface area contributed by atoms with Gasteiger partial charge in [0.2, 0.25) is 0 Å². The highest BCUT2D eigenvalue weighted by Crippen LogP contribution is 2.22. The highest BCUT2D eigenvalue weighted by atomic mass is 16.5. The molecule has 0 aromatic heterocycles. The fourth-order valence-corrected chi connectivity index (χ4v) is 1.26. The number of nitrogens with zero attached hydrogens (tertiary/aromatic N) is 1. The second-order valence-electron chi connectivity index (χ2n) is 3.27. The molecule has 0 aliphatic rings. The van der Waals surface area contributed by atoms with E-state index in [1.165, 1.54) is 7.11 Å². The quantitative estimate of drug-likeness (QED) is 0.587. The molecule has 0 aliphatic heterocycles. The number of anilines is 2. The summed E-state index contributed by atoms with van der Waals surface area (Å²) in [6, 6.07) is 6.47. The Morgan fingerprint density at radius 1 is 1.62 bits per heavy atom. The van der Waals surface area contributed by atoms with E-state index in [0.29, 0.717) is 16.9 Å². The molecule has 0 amide bonds. The van der Waals surface area contributed by atoms with Gasteiger partial charge in [0.15, 0.2) is 0 Å². The second kappa shape index (κ2) is 5.03. The Morgan fingerprint density at radius 3 is 2.88 bits per heavy atom.